The van der Waals surface area contributed by atoms with Crippen LogP contribution >= 0.6 is 0 Å². The van der Waals surface area contributed by atoms with Crippen molar-refractivity contribution in [3.8, 4) is 0 Å². The van der Waals surface area contributed by atoms with Gasteiger partial charge in [0.2, 0.25) is 0 Å². The molecule has 18 heavy (non-hydrogen) atoms. The first-order chi connectivity index (χ1) is 8.61. The van der Waals surface area contributed by atoms with Crippen molar-refractivity contribution in [2.75, 3.05) is 0 Å². The number of carbonyl (C=O) groups is 1. The van der Waals surface area contributed by atoms with E-state index in [2.05, 4.69) is 10.3 Å². The van der Waals surface area contributed by atoms with E-state index in [1.54, 1.807) is 18.2 Å². The van der Waals surface area contributed by atoms with Gasteiger partial charge in [0, 0.05) is 23.0 Å². The van der Waals surface area contributed by atoms with E-state index in [1.807, 2.05) is 19.9 Å². The molecule has 1 heterocycles. The number of carbonyl (C=O) groups excluding carboxylic acids is 1. The van der Waals surface area contributed by atoms with E-state index < -0.39 is 0 Å². The van der Waals surface area contributed by atoms with Crippen LogP contribution in [0.25, 0.3) is 10.9 Å². The van der Waals surface area contributed by atoms with Crippen LogP contribution in [0.1, 0.15) is 30.8 Å². The Bertz CT molecular complexity index is 631. The van der Waals surface area contributed by atoms with Gasteiger partial charge in [0.05, 0.1) is 0 Å². The van der Waals surface area contributed by atoms with Gasteiger partial charge in [0.1, 0.15) is 5.69 Å². The minimum absolute atomic E-state index is 0.0903. The van der Waals surface area contributed by atoms with Gasteiger partial charge in [-0.15, -0.1) is 0 Å². The van der Waals surface area contributed by atoms with Crippen molar-refractivity contribution in [3.05, 3.63) is 46.2 Å². The van der Waals surface area contributed by atoms with Crippen LogP contribution in [0.15, 0.2) is 35.1 Å². The number of aromatic amines is 1. The Labute approximate surface area is 105 Å². The lowest BCUT2D eigenvalue weighted by Gasteiger charge is -2.11. The van der Waals surface area contributed by atoms with Crippen LogP contribution in [0.2, 0.25) is 0 Å². The number of hydrogen-bond acceptors (Lipinski definition) is 2. The van der Waals surface area contributed by atoms with Crippen molar-refractivity contribution in [2.24, 2.45) is 0 Å². The molecule has 0 fully saturated rings. The van der Waals surface area contributed by atoms with Gasteiger partial charge in [-0.2, -0.15) is 0 Å². The van der Waals surface area contributed by atoms with Crippen molar-refractivity contribution in [1.82, 2.24) is 10.3 Å². The molecule has 0 saturated heterocycles. The minimum Gasteiger partial charge on any atom is -0.350 e. The number of rotatable bonds is 3. The standard InChI is InChI=1S/C14H16N2O2/c1-3-9(2)15-14(18)12-8-13(17)10-6-4-5-7-11(10)16-12/h4-9H,3H2,1-2H3,(H,15,18)(H,16,17). The normalized spacial score (nSPS) is 12.3. The first-order valence-electron chi connectivity index (χ1n) is 6.04. The predicted molar refractivity (Wildman–Crippen MR) is 71.8 cm³/mol. The van der Waals surface area contributed by atoms with E-state index in [1.165, 1.54) is 6.07 Å². The third-order valence-corrected chi connectivity index (χ3v) is 2.97. The molecule has 2 N–H and O–H groups in total. The summed E-state index contributed by atoms with van der Waals surface area (Å²) in [5, 5.41) is 3.42. The van der Waals surface area contributed by atoms with E-state index in [0.29, 0.717) is 16.6 Å². The molecule has 0 radical (unpaired) electrons. The van der Waals surface area contributed by atoms with Crippen LogP contribution in [0, 0.1) is 0 Å². The van der Waals surface area contributed by atoms with E-state index in [-0.39, 0.29) is 17.4 Å². The largest absolute Gasteiger partial charge is 0.350 e. The van der Waals surface area contributed by atoms with Gasteiger partial charge >= 0.3 is 0 Å². The second kappa shape index (κ2) is 5.04. The molecule has 1 atom stereocenters. The number of nitrogens with one attached hydrogen (secondary N) is 2. The summed E-state index contributed by atoms with van der Waals surface area (Å²) in [7, 11) is 0. The Morgan fingerprint density at radius 1 is 1.39 bits per heavy atom. The summed E-state index contributed by atoms with van der Waals surface area (Å²) < 4.78 is 0. The number of fused-ring (bicyclic) bond motifs is 1. The minimum atomic E-state index is -0.243. The highest BCUT2D eigenvalue weighted by atomic mass is 16.2. The first kappa shape index (κ1) is 12.4. The molecule has 2 rings (SSSR count). The van der Waals surface area contributed by atoms with Crippen LogP contribution in [-0.4, -0.2) is 16.9 Å². The van der Waals surface area contributed by atoms with Crippen molar-refractivity contribution < 1.29 is 4.79 Å². The molecule has 0 bridgehead atoms. The average molecular weight is 244 g/mol. The molecule has 1 aromatic carbocycles. The van der Waals surface area contributed by atoms with Crippen LogP contribution < -0.4 is 10.7 Å². The zero-order valence-electron chi connectivity index (χ0n) is 10.5. The quantitative estimate of drug-likeness (QED) is 0.868. The number of para-hydroxylation sites is 1. The molecule has 0 spiro atoms. The number of aromatic nitrogens is 1. The molecule has 4 heteroatoms. The van der Waals surface area contributed by atoms with Crippen LogP contribution in [-0.2, 0) is 0 Å². The zero-order chi connectivity index (χ0) is 13.1. The molecule has 0 saturated carbocycles. The molecule has 1 unspecified atom stereocenters. The Morgan fingerprint density at radius 2 is 2.11 bits per heavy atom. The third-order valence-electron chi connectivity index (χ3n) is 2.97. The molecule has 2 aromatic rings. The van der Waals surface area contributed by atoms with Crippen LogP contribution in [0.4, 0.5) is 0 Å². The molecular formula is C14H16N2O2. The lowest BCUT2D eigenvalue weighted by molar-refractivity contribution is 0.0934. The summed E-state index contributed by atoms with van der Waals surface area (Å²) in [5.41, 5.74) is 0.844. The van der Waals surface area contributed by atoms with E-state index in [0.717, 1.165) is 6.42 Å². The van der Waals surface area contributed by atoms with Crippen LogP contribution in [0.5, 0.6) is 0 Å². The molecule has 1 amide bonds. The number of hydrogen-bond donors (Lipinski definition) is 2. The van der Waals surface area contributed by atoms with Gasteiger partial charge < -0.3 is 10.3 Å². The summed E-state index contributed by atoms with van der Waals surface area (Å²) >= 11 is 0. The highest BCUT2D eigenvalue weighted by Gasteiger charge is 2.11. The number of benzene rings is 1. The van der Waals surface area contributed by atoms with Crippen LogP contribution in [0.3, 0.4) is 0 Å². The van der Waals surface area contributed by atoms with E-state index >= 15 is 0 Å². The lowest BCUT2D eigenvalue weighted by Crippen LogP contribution is -2.33. The van der Waals surface area contributed by atoms with Crippen molar-refractivity contribution in [2.45, 2.75) is 26.3 Å². The first-order valence-corrected chi connectivity index (χ1v) is 6.04. The second-order valence-corrected chi connectivity index (χ2v) is 4.38. The predicted octanol–water partition coefficient (Wildman–Crippen LogP) is 2.06. The van der Waals surface area contributed by atoms with Gasteiger partial charge in [-0.1, -0.05) is 19.1 Å². The maximum Gasteiger partial charge on any atom is 0.268 e. The Kier molecular flexibility index (Phi) is 3.46. The third kappa shape index (κ3) is 2.42. The fourth-order valence-corrected chi connectivity index (χ4v) is 1.72. The molecule has 4 nitrogen and oxygen atoms in total. The zero-order valence-corrected chi connectivity index (χ0v) is 10.5. The Hall–Kier alpha value is -2.10. The summed E-state index contributed by atoms with van der Waals surface area (Å²) in [6, 6.07) is 8.60. The molecule has 94 valence electrons. The molecule has 1 aromatic heterocycles. The fourth-order valence-electron chi connectivity index (χ4n) is 1.72. The summed E-state index contributed by atoms with van der Waals surface area (Å²) in [5.74, 6) is -0.243. The fraction of sp³-hybridized carbons (Fsp3) is 0.286. The Morgan fingerprint density at radius 3 is 2.83 bits per heavy atom. The van der Waals surface area contributed by atoms with E-state index in [9.17, 15) is 9.59 Å². The maximum atomic E-state index is 11.9. The highest BCUT2D eigenvalue weighted by Crippen LogP contribution is 2.07. The number of pyridine rings is 1. The average Bonchev–Trinajstić information content (AvgIpc) is 2.38. The molecule has 0 aliphatic heterocycles. The van der Waals surface area contributed by atoms with Crippen molar-refractivity contribution >= 4 is 16.8 Å². The number of amides is 1. The maximum absolute atomic E-state index is 11.9. The highest BCUT2D eigenvalue weighted by molar-refractivity contribution is 5.94. The topological polar surface area (TPSA) is 62.0 Å². The van der Waals surface area contributed by atoms with Gasteiger partial charge in [-0.25, -0.2) is 0 Å². The SMILES string of the molecule is CCC(C)NC(=O)c1cc(=O)c2ccccc2[nH]1. The van der Waals surface area contributed by atoms with Crippen molar-refractivity contribution in [3.63, 3.8) is 0 Å². The number of H-pyrrole nitrogens is 1. The van der Waals surface area contributed by atoms with Gasteiger partial charge in [0.15, 0.2) is 5.43 Å². The Balaban J connectivity index is 2.41. The smallest absolute Gasteiger partial charge is 0.268 e. The van der Waals surface area contributed by atoms with Gasteiger partial charge in [0.25, 0.3) is 5.91 Å². The molecular weight excluding hydrogens is 228 g/mol. The molecule has 0 aliphatic rings. The van der Waals surface area contributed by atoms with Crippen molar-refractivity contribution in [1.29, 1.82) is 0 Å². The summed E-state index contributed by atoms with van der Waals surface area (Å²) in [6.07, 6.45) is 0.851. The molecule has 0 aliphatic carbocycles. The van der Waals surface area contributed by atoms with Gasteiger partial charge in [-0.05, 0) is 25.5 Å². The monoisotopic (exact) mass is 244 g/mol. The summed E-state index contributed by atoms with van der Waals surface area (Å²) in [6.45, 7) is 3.92. The lowest BCUT2D eigenvalue weighted by atomic mass is 10.2. The van der Waals surface area contributed by atoms with E-state index in [4.69, 9.17) is 0 Å². The van der Waals surface area contributed by atoms with Gasteiger partial charge in [-0.3, -0.25) is 9.59 Å². The second-order valence-electron chi connectivity index (χ2n) is 4.38. The summed E-state index contributed by atoms with van der Waals surface area (Å²) in [4.78, 5) is 26.8.